The Morgan fingerprint density at radius 1 is 1.33 bits per heavy atom. The Bertz CT molecular complexity index is 389. The van der Waals surface area contributed by atoms with E-state index in [1.165, 1.54) is 18.4 Å². The van der Waals surface area contributed by atoms with Crippen molar-refractivity contribution in [2.24, 2.45) is 0 Å². The first-order chi connectivity index (χ1) is 8.70. The smallest absolute Gasteiger partial charge is 0.0595 e. The van der Waals surface area contributed by atoms with E-state index in [1.807, 2.05) is 12.1 Å². The Morgan fingerprint density at radius 2 is 2.17 bits per heavy atom. The van der Waals surface area contributed by atoms with Crippen LogP contribution in [-0.4, -0.2) is 30.6 Å². The highest BCUT2D eigenvalue weighted by Crippen LogP contribution is 2.24. The molecule has 0 spiro atoms. The van der Waals surface area contributed by atoms with Crippen LogP contribution in [0.15, 0.2) is 18.2 Å². The lowest BCUT2D eigenvalue weighted by Crippen LogP contribution is -2.45. The van der Waals surface area contributed by atoms with Gasteiger partial charge in [0.15, 0.2) is 0 Å². The van der Waals surface area contributed by atoms with Crippen molar-refractivity contribution in [1.82, 2.24) is 10.2 Å². The normalized spacial score (nSPS) is 20.3. The first-order valence-corrected chi connectivity index (χ1v) is 7.35. The van der Waals surface area contributed by atoms with Crippen molar-refractivity contribution in [3.05, 3.63) is 33.8 Å². The quantitative estimate of drug-likeness (QED) is 0.910. The van der Waals surface area contributed by atoms with E-state index in [4.69, 9.17) is 23.2 Å². The highest BCUT2D eigenvalue weighted by atomic mass is 35.5. The number of likely N-dealkylation sites (N-methyl/N-ethyl adjacent to an activating group) is 1. The van der Waals surface area contributed by atoms with Crippen LogP contribution in [0.5, 0.6) is 0 Å². The van der Waals surface area contributed by atoms with Gasteiger partial charge >= 0.3 is 0 Å². The molecule has 0 aromatic heterocycles. The maximum atomic E-state index is 6.06. The molecular weight excluding hydrogens is 267 g/mol. The Morgan fingerprint density at radius 3 is 2.78 bits per heavy atom. The van der Waals surface area contributed by atoms with Crippen molar-refractivity contribution in [2.45, 2.75) is 32.4 Å². The lowest BCUT2D eigenvalue weighted by Gasteiger charge is -2.34. The zero-order chi connectivity index (χ0) is 13.0. The van der Waals surface area contributed by atoms with Gasteiger partial charge in [-0.2, -0.15) is 0 Å². The lowest BCUT2D eigenvalue weighted by molar-refractivity contribution is 0.166. The van der Waals surface area contributed by atoms with Crippen LogP contribution in [0, 0.1) is 0 Å². The molecule has 1 aliphatic heterocycles. The minimum absolute atomic E-state index is 0.628. The van der Waals surface area contributed by atoms with E-state index in [1.54, 1.807) is 0 Å². The number of nitrogens with one attached hydrogen (secondary N) is 1. The van der Waals surface area contributed by atoms with Crippen LogP contribution in [-0.2, 0) is 6.54 Å². The van der Waals surface area contributed by atoms with Gasteiger partial charge in [-0.25, -0.2) is 0 Å². The van der Waals surface area contributed by atoms with E-state index in [0.717, 1.165) is 26.2 Å². The maximum absolute atomic E-state index is 6.06. The molecule has 0 amide bonds. The summed E-state index contributed by atoms with van der Waals surface area (Å²) in [6, 6.07) is 6.56. The summed E-state index contributed by atoms with van der Waals surface area (Å²) in [5.41, 5.74) is 1.23. The molecule has 0 bridgehead atoms. The number of piperidine rings is 1. The Balaban J connectivity index is 2.02. The second-order valence-electron chi connectivity index (χ2n) is 4.81. The minimum Gasteiger partial charge on any atom is -0.315 e. The highest BCUT2D eigenvalue weighted by molar-refractivity contribution is 6.42. The van der Waals surface area contributed by atoms with Crippen molar-refractivity contribution >= 4 is 23.2 Å². The van der Waals surface area contributed by atoms with E-state index in [2.05, 4.69) is 23.2 Å². The van der Waals surface area contributed by atoms with Crippen molar-refractivity contribution in [3.63, 3.8) is 0 Å². The molecule has 1 atom stereocenters. The lowest BCUT2D eigenvalue weighted by atomic mass is 10.0. The highest BCUT2D eigenvalue weighted by Gasteiger charge is 2.19. The summed E-state index contributed by atoms with van der Waals surface area (Å²) in [5.74, 6) is 0. The molecule has 1 aromatic carbocycles. The molecule has 1 fully saturated rings. The molecule has 0 radical (unpaired) electrons. The Kier molecular flexibility index (Phi) is 5.31. The number of rotatable bonds is 4. The van der Waals surface area contributed by atoms with Gasteiger partial charge in [0.05, 0.1) is 10.0 Å². The molecule has 0 aliphatic carbocycles. The molecular formula is C14H20Cl2N2. The summed E-state index contributed by atoms with van der Waals surface area (Å²) >= 11 is 12.0. The van der Waals surface area contributed by atoms with Gasteiger partial charge in [-0.1, -0.05) is 36.2 Å². The summed E-state index contributed by atoms with van der Waals surface area (Å²) < 4.78 is 0. The second-order valence-corrected chi connectivity index (χ2v) is 5.63. The van der Waals surface area contributed by atoms with Crippen LogP contribution in [0.1, 0.15) is 25.3 Å². The molecule has 2 rings (SSSR count). The SMILES string of the molecule is CCN(Cc1ccc(Cl)c(Cl)c1)C1CCCNC1. The van der Waals surface area contributed by atoms with Gasteiger partial charge in [-0.3, -0.25) is 4.90 Å². The third-order valence-corrected chi connectivity index (χ3v) is 4.30. The van der Waals surface area contributed by atoms with Crippen LogP contribution in [0.4, 0.5) is 0 Å². The molecule has 100 valence electrons. The van der Waals surface area contributed by atoms with Gasteiger partial charge in [-0.05, 0) is 43.6 Å². The predicted molar refractivity (Wildman–Crippen MR) is 78.4 cm³/mol. The van der Waals surface area contributed by atoms with E-state index >= 15 is 0 Å². The van der Waals surface area contributed by atoms with Crippen LogP contribution in [0.3, 0.4) is 0 Å². The number of nitrogens with zero attached hydrogens (tertiary/aromatic N) is 1. The number of halogens is 2. The maximum Gasteiger partial charge on any atom is 0.0595 e. The van der Waals surface area contributed by atoms with E-state index in [0.29, 0.717) is 16.1 Å². The standard InChI is InChI=1S/C14H20Cl2N2/c1-2-18(12-4-3-7-17-9-12)10-11-5-6-13(15)14(16)8-11/h5-6,8,12,17H,2-4,7,9-10H2,1H3. The number of benzene rings is 1. The topological polar surface area (TPSA) is 15.3 Å². The summed E-state index contributed by atoms with van der Waals surface area (Å²) in [7, 11) is 0. The largest absolute Gasteiger partial charge is 0.315 e. The molecule has 18 heavy (non-hydrogen) atoms. The first-order valence-electron chi connectivity index (χ1n) is 6.59. The molecule has 1 aromatic rings. The monoisotopic (exact) mass is 286 g/mol. The van der Waals surface area contributed by atoms with E-state index in [9.17, 15) is 0 Å². The number of hydrogen-bond acceptors (Lipinski definition) is 2. The molecule has 0 saturated carbocycles. The van der Waals surface area contributed by atoms with Gasteiger partial charge in [0.2, 0.25) is 0 Å². The van der Waals surface area contributed by atoms with Crippen LogP contribution in [0.2, 0.25) is 10.0 Å². The summed E-state index contributed by atoms with van der Waals surface area (Å²) in [6.07, 6.45) is 2.55. The fourth-order valence-electron chi connectivity index (χ4n) is 2.52. The average molecular weight is 287 g/mol. The van der Waals surface area contributed by atoms with Crippen LogP contribution in [0.25, 0.3) is 0 Å². The molecule has 1 N–H and O–H groups in total. The van der Waals surface area contributed by atoms with Crippen molar-refractivity contribution in [2.75, 3.05) is 19.6 Å². The third-order valence-electron chi connectivity index (χ3n) is 3.56. The predicted octanol–water partition coefficient (Wildman–Crippen LogP) is 3.57. The average Bonchev–Trinajstić information content (AvgIpc) is 2.41. The Hall–Kier alpha value is -0.280. The second kappa shape index (κ2) is 6.76. The fraction of sp³-hybridized carbons (Fsp3) is 0.571. The third kappa shape index (κ3) is 3.61. The fourth-order valence-corrected chi connectivity index (χ4v) is 2.84. The van der Waals surface area contributed by atoms with Crippen LogP contribution >= 0.6 is 23.2 Å². The summed E-state index contributed by atoms with van der Waals surface area (Å²) in [5, 5.41) is 4.74. The zero-order valence-electron chi connectivity index (χ0n) is 10.8. The van der Waals surface area contributed by atoms with Crippen LogP contribution < -0.4 is 5.32 Å². The molecule has 4 heteroatoms. The van der Waals surface area contributed by atoms with E-state index in [-0.39, 0.29) is 0 Å². The minimum atomic E-state index is 0.628. The molecule has 1 heterocycles. The van der Waals surface area contributed by atoms with Gasteiger partial charge in [0, 0.05) is 19.1 Å². The first kappa shape index (κ1) is 14.1. The summed E-state index contributed by atoms with van der Waals surface area (Å²) in [4.78, 5) is 2.51. The Labute approximate surface area is 119 Å². The van der Waals surface area contributed by atoms with Crippen molar-refractivity contribution in [3.8, 4) is 0 Å². The summed E-state index contributed by atoms with van der Waals surface area (Å²) in [6.45, 7) is 6.47. The molecule has 1 saturated heterocycles. The molecule has 1 unspecified atom stereocenters. The van der Waals surface area contributed by atoms with Gasteiger partial charge in [0.1, 0.15) is 0 Å². The molecule has 1 aliphatic rings. The van der Waals surface area contributed by atoms with Gasteiger partial charge in [0.25, 0.3) is 0 Å². The van der Waals surface area contributed by atoms with E-state index < -0.39 is 0 Å². The molecule has 2 nitrogen and oxygen atoms in total. The van der Waals surface area contributed by atoms with Crippen molar-refractivity contribution in [1.29, 1.82) is 0 Å². The zero-order valence-corrected chi connectivity index (χ0v) is 12.3. The van der Waals surface area contributed by atoms with Gasteiger partial charge in [-0.15, -0.1) is 0 Å². The van der Waals surface area contributed by atoms with Crippen molar-refractivity contribution < 1.29 is 0 Å². The van der Waals surface area contributed by atoms with Gasteiger partial charge < -0.3 is 5.32 Å². The number of hydrogen-bond donors (Lipinski definition) is 1.